The molecule has 0 aliphatic rings. The Balaban J connectivity index is 0.000000172. The molecule has 0 atom stereocenters. The van der Waals surface area contributed by atoms with E-state index in [0.717, 1.165) is 55.0 Å². The van der Waals surface area contributed by atoms with Crippen LogP contribution in [-0.4, -0.2) is 40.9 Å². The third-order valence-electron chi connectivity index (χ3n) is 6.78. The summed E-state index contributed by atoms with van der Waals surface area (Å²) in [5.74, 6) is -0.0625. The Kier molecular flexibility index (Phi) is 12.4. The molecule has 0 fully saturated rings. The van der Waals surface area contributed by atoms with E-state index in [1.165, 1.54) is 19.9 Å². The van der Waals surface area contributed by atoms with Crippen molar-refractivity contribution in [1.29, 1.82) is 0 Å². The predicted octanol–water partition coefficient (Wildman–Crippen LogP) is 8.81. The van der Waals surface area contributed by atoms with Gasteiger partial charge in [0.05, 0.1) is 5.76 Å². The molecule has 0 saturated carbocycles. The van der Waals surface area contributed by atoms with Gasteiger partial charge < -0.3 is 5.11 Å². The first-order valence-corrected chi connectivity index (χ1v) is 15.3. The van der Waals surface area contributed by atoms with E-state index in [4.69, 9.17) is 5.11 Å². The SMILES string of the molecule is CC.CC(=O)C=C(C)O.[Ir].[c-]1ccc2ccccc2c1-n1nc2ccccc2n1.[c-]1ccc2ccccc2c1-n1nc2ccccc2n1. The van der Waals surface area contributed by atoms with Crippen molar-refractivity contribution in [3.8, 4) is 11.4 Å². The number of ketones is 1. The van der Waals surface area contributed by atoms with Crippen LogP contribution in [0.2, 0.25) is 0 Å². The van der Waals surface area contributed by atoms with Gasteiger partial charge in [0.1, 0.15) is 22.1 Å². The Bertz CT molecular complexity index is 2080. The maximum absolute atomic E-state index is 10.0. The van der Waals surface area contributed by atoms with Gasteiger partial charge in [-0.2, -0.15) is 66.4 Å². The van der Waals surface area contributed by atoms with E-state index in [1.54, 1.807) is 9.59 Å². The first kappa shape index (κ1) is 35.4. The number of carbonyl (C=O) groups is 1. The Morgan fingerprint density at radius 1 is 0.583 bits per heavy atom. The van der Waals surface area contributed by atoms with Crippen molar-refractivity contribution >= 4 is 49.4 Å². The van der Waals surface area contributed by atoms with Crippen LogP contribution < -0.4 is 0 Å². The van der Waals surface area contributed by atoms with Crippen molar-refractivity contribution in [2.24, 2.45) is 0 Å². The van der Waals surface area contributed by atoms with Crippen LogP contribution >= 0.6 is 0 Å². The maximum atomic E-state index is 10.0. The van der Waals surface area contributed by atoms with Gasteiger partial charge in [0, 0.05) is 26.2 Å². The molecule has 0 amide bonds. The molecule has 9 heteroatoms. The van der Waals surface area contributed by atoms with Crippen LogP contribution in [0.3, 0.4) is 0 Å². The molecule has 0 spiro atoms. The normalized spacial score (nSPS) is 10.6. The molecular weight excluding hydrogens is 777 g/mol. The summed E-state index contributed by atoms with van der Waals surface area (Å²) in [6, 6.07) is 46.4. The van der Waals surface area contributed by atoms with Crippen molar-refractivity contribution in [1.82, 2.24) is 30.0 Å². The molecule has 8 rings (SSSR count). The summed E-state index contributed by atoms with van der Waals surface area (Å²) in [7, 11) is 0. The number of fused-ring (bicyclic) bond motifs is 4. The average Bonchev–Trinajstić information content (AvgIpc) is 3.73. The second-order valence-electron chi connectivity index (χ2n) is 10.2. The number of nitrogens with zero attached hydrogens (tertiary/aromatic N) is 6. The molecule has 0 bridgehead atoms. The monoisotopic (exact) mass is 811 g/mol. The molecule has 0 aliphatic carbocycles. The zero-order chi connectivity index (χ0) is 33.2. The van der Waals surface area contributed by atoms with Crippen molar-refractivity contribution in [3.63, 3.8) is 0 Å². The molecule has 1 N–H and O–H groups in total. The van der Waals surface area contributed by atoms with Crippen LogP contribution in [0.4, 0.5) is 0 Å². The molecule has 2 heterocycles. The van der Waals surface area contributed by atoms with Gasteiger partial charge >= 0.3 is 0 Å². The van der Waals surface area contributed by atoms with E-state index in [1.807, 2.05) is 111 Å². The van der Waals surface area contributed by atoms with Crippen LogP contribution in [0.15, 0.2) is 133 Å². The van der Waals surface area contributed by atoms with Crippen LogP contribution in [0.25, 0.3) is 55.0 Å². The van der Waals surface area contributed by atoms with Crippen LogP contribution in [0.1, 0.15) is 27.7 Å². The standard InChI is InChI=1S/2C16H10N3.C5H8O2.C2H6.Ir/c2*1-2-8-13-12(6-1)7-5-11-16(13)19-17-14-9-3-4-10-15(14)18-19;1-4(6)3-5(2)7;1-2;/h2*1-10H;3,6H,1-2H3;1-2H3;/q2*-1;;;. The second-order valence-corrected chi connectivity index (χ2v) is 10.2. The Morgan fingerprint density at radius 3 is 1.23 bits per heavy atom. The molecule has 1 radical (unpaired) electrons. The summed E-state index contributed by atoms with van der Waals surface area (Å²) in [4.78, 5) is 13.3. The van der Waals surface area contributed by atoms with E-state index < -0.39 is 0 Å². The fourth-order valence-electron chi connectivity index (χ4n) is 4.84. The third kappa shape index (κ3) is 8.45. The second kappa shape index (κ2) is 16.9. The summed E-state index contributed by atoms with van der Waals surface area (Å²) in [5, 5.41) is 30.9. The number of rotatable bonds is 3. The van der Waals surface area contributed by atoms with Crippen LogP contribution in [0, 0.1) is 12.1 Å². The molecule has 243 valence electrons. The van der Waals surface area contributed by atoms with Gasteiger partial charge in [0.15, 0.2) is 5.78 Å². The fraction of sp³-hybridized carbons (Fsp3) is 0.103. The van der Waals surface area contributed by atoms with Crippen LogP contribution in [0.5, 0.6) is 0 Å². The largest absolute Gasteiger partial charge is 0.512 e. The number of hydrogen-bond acceptors (Lipinski definition) is 6. The molecule has 6 aromatic carbocycles. The van der Waals surface area contributed by atoms with E-state index in [0.29, 0.717) is 0 Å². The maximum Gasteiger partial charge on any atom is 0.155 e. The summed E-state index contributed by atoms with van der Waals surface area (Å²) in [6.07, 6.45) is 1.17. The fourth-order valence-corrected chi connectivity index (χ4v) is 4.84. The first-order chi connectivity index (χ1) is 23.0. The summed E-state index contributed by atoms with van der Waals surface area (Å²) in [5.41, 5.74) is 5.34. The van der Waals surface area contributed by atoms with E-state index in [2.05, 4.69) is 56.8 Å². The first-order valence-electron chi connectivity index (χ1n) is 15.3. The number of carbonyl (C=O) groups excluding carboxylic acids is 1. The minimum atomic E-state index is -0.125. The topological polar surface area (TPSA) is 98.7 Å². The molecule has 8 aromatic rings. The summed E-state index contributed by atoms with van der Waals surface area (Å²) >= 11 is 0. The van der Waals surface area contributed by atoms with Crippen molar-refractivity contribution < 1.29 is 30.0 Å². The predicted molar refractivity (Wildman–Crippen MR) is 189 cm³/mol. The summed E-state index contributed by atoms with van der Waals surface area (Å²) in [6.45, 7) is 6.85. The Hall–Kier alpha value is -5.50. The summed E-state index contributed by atoms with van der Waals surface area (Å²) < 4.78 is 0. The molecule has 48 heavy (non-hydrogen) atoms. The number of aliphatic hydroxyl groups excluding tert-OH is 1. The molecule has 0 aliphatic heterocycles. The van der Waals surface area contributed by atoms with Crippen molar-refractivity contribution in [2.75, 3.05) is 0 Å². The van der Waals surface area contributed by atoms with E-state index >= 15 is 0 Å². The van der Waals surface area contributed by atoms with Crippen molar-refractivity contribution in [3.05, 3.63) is 145 Å². The third-order valence-corrected chi connectivity index (χ3v) is 6.78. The van der Waals surface area contributed by atoms with Gasteiger partial charge in [-0.25, -0.2) is 0 Å². The van der Waals surface area contributed by atoms with Gasteiger partial charge in [-0.1, -0.05) is 74.5 Å². The number of aliphatic hydroxyl groups is 1. The van der Waals surface area contributed by atoms with Crippen molar-refractivity contribution in [2.45, 2.75) is 27.7 Å². The van der Waals surface area contributed by atoms with Gasteiger partial charge in [0.25, 0.3) is 0 Å². The Labute approximate surface area is 292 Å². The number of aromatic nitrogens is 6. The number of hydrogen-bond donors (Lipinski definition) is 1. The minimum Gasteiger partial charge on any atom is -0.512 e. The van der Waals surface area contributed by atoms with E-state index in [-0.39, 0.29) is 31.6 Å². The molecular formula is C39H34IrN6O2-2. The quantitative estimate of drug-likeness (QED) is 0.109. The molecule has 0 saturated heterocycles. The zero-order valence-electron chi connectivity index (χ0n) is 27.0. The average molecular weight is 811 g/mol. The number of benzene rings is 6. The molecule has 2 aromatic heterocycles. The van der Waals surface area contributed by atoms with Gasteiger partial charge in [0.2, 0.25) is 0 Å². The minimum absolute atomic E-state index is 0. The zero-order valence-corrected chi connectivity index (χ0v) is 29.4. The van der Waals surface area contributed by atoms with Gasteiger partial charge in [-0.05, 0) is 49.5 Å². The van der Waals surface area contributed by atoms with E-state index in [9.17, 15) is 4.79 Å². The van der Waals surface area contributed by atoms with Gasteiger partial charge in [-0.3, -0.25) is 4.79 Å². The van der Waals surface area contributed by atoms with Gasteiger partial charge in [-0.15, -0.1) is 33.7 Å². The Morgan fingerprint density at radius 2 is 0.917 bits per heavy atom. The molecule has 8 nitrogen and oxygen atoms in total. The smallest absolute Gasteiger partial charge is 0.155 e. The van der Waals surface area contributed by atoms with Crippen LogP contribution in [-0.2, 0) is 24.9 Å². The number of allylic oxidation sites excluding steroid dienone is 2. The molecule has 0 unspecified atom stereocenters.